The van der Waals surface area contributed by atoms with Gasteiger partial charge in [0.25, 0.3) is 0 Å². The van der Waals surface area contributed by atoms with E-state index in [2.05, 4.69) is 10.1 Å². The molecule has 0 aliphatic heterocycles. The Hall–Kier alpha value is -0.549. The van der Waals surface area contributed by atoms with Crippen LogP contribution in [0.1, 0.15) is 47.8 Å². The average molecular weight is 399 g/mol. The van der Waals surface area contributed by atoms with Crippen LogP contribution in [0.5, 0.6) is 0 Å². The fourth-order valence-electron chi connectivity index (χ4n) is 2.73. The Morgan fingerprint density at radius 2 is 1.50 bits per heavy atom. The zero-order valence-corrected chi connectivity index (χ0v) is 19.5. The molecule has 0 atom stereocenters. The van der Waals surface area contributed by atoms with Crippen LogP contribution in [-0.4, -0.2) is 31.8 Å². The molecule has 1 rings (SSSR count). The van der Waals surface area contributed by atoms with Crippen molar-refractivity contribution in [1.82, 2.24) is 0 Å². The number of carbonyl (C=O) groups is 2. The van der Waals surface area contributed by atoms with Gasteiger partial charge in [-0.1, -0.05) is 16.6 Å². The van der Waals surface area contributed by atoms with Gasteiger partial charge in [-0.3, -0.25) is 5.32 Å². The zero-order chi connectivity index (χ0) is 19.7. The second kappa shape index (κ2) is 9.10. The van der Waals surface area contributed by atoms with Crippen molar-refractivity contribution in [2.75, 3.05) is 12.4 Å². The molecule has 0 aliphatic carbocycles. The topological polar surface area (TPSA) is 64.6 Å². The number of benzene rings is 1. The first-order valence-electron chi connectivity index (χ1n) is 7.62. The van der Waals surface area contributed by atoms with Gasteiger partial charge in [0.15, 0.2) is 0 Å². The van der Waals surface area contributed by atoms with E-state index in [0.29, 0.717) is 0 Å². The molecule has 5 nitrogen and oxygen atoms in total. The normalized spacial score (nSPS) is 11.5. The van der Waals surface area contributed by atoms with E-state index < -0.39 is 30.1 Å². The molecule has 1 aromatic rings. The summed E-state index contributed by atoms with van der Waals surface area (Å²) < 4.78 is 50.3. The molecule has 0 saturated carbocycles. The van der Waals surface area contributed by atoms with Gasteiger partial charge in [0.05, 0.1) is 12.7 Å². The number of nitrogens with one attached hydrogen (secondary N) is 1. The monoisotopic (exact) mass is 399 g/mol. The minimum absolute atomic E-state index is 0. The first kappa shape index (κ1) is 25.5. The number of methoxy groups -OCH3 is 1. The molecule has 0 saturated heterocycles. The zero-order valence-electron chi connectivity index (χ0n) is 16.3. The van der Waals surface area contributed by atoms with Crippen molar-refractivity contribution in [2.24, 2.45) is 0 Å². The van der Waals surface area contributed by atoms with Gasteiger partial charge in [0.1, 0.15) is 5.60 Å². The van der Waals surface area contributed by atoms with Crippen molar-refractivity contribution >= 4 is 30.2 Å². The number of carbonyl (C=O) groups excluding carboxylic acids is 2. The van der Waals surface area contributed by atoms with Gasteiger partial charge in [-0.2, -0.15) is 0 Å². The summed E-state index contributed by atoms with van der Waals surface area (Å²) in [4.78, 5) is 24.0. The Balaban J connectivity index is 0.00000625. The van der Waals surface area contributed by atoms with E-state index in [0.717, 1.165) is 7.11 Å². The summed E-state index contributed by atoms with van der Waals surface area (Å²) in [6, 6.07) is 0. The van der Waals surface area contributed by atoms with E-state index in [-0.39, 0.29) is 79.3 Å². The smallest absolute Gasteiger partial charge is 0.465 e. The van der Waals surface area contributed by atoms with Crippen molar-refractivity contribution in [3.63, 3.8) is 0 Å². The fourth-order valence-corrected chi connectivity index (χ4v) is 2.73. The third kappa shape index (κ3) is 5.98. The van der Waals surface area contributed by atoms with Crippen LogP contribution >= 0.6 is 0 Å². The quantitative estimate of drug-likeness (QED) is 0.604. The third-order valence-corrected chi connectivity index (χ3v) is 3.65. The predicted molar refractivity (Wildman–Crippen MR) is 90.6 cm³/mol. The summed E-state index contributed by atoms with van der Waals surface area (Å²) in [5.41, 5.74) is -2.25. The number of esters is 1. The molecule has 1 aromatic carbocycles. The van der Waals surface area contributed by atoms with Gasteiger partial charge >= 0.3 is 70.4 Å². The van der Waals surface area contributed by atoms with E-state index in [9.17, 15) is 22.5 Å². The van der Waals surface area contributed by atoms with Gasteiger partial charge in [0.2, 0.25) is 0 Å². The average Bonchev–Trinajstić information content (AvgIpc) is 2.39. The van der Waals surface area contributed by atoms with Gasteiger partial charge in [-0.05, 0) is 47.1 Å². The van der Waals surface area contributed by atoms with Crippen molar-refractivity contribution in [2.45, 2.75) is 47.1 Å². The molecule has 0 heterocycles. The number of halogens is 3. The molecule has 10 heteroatoms. The summed E-state index contributed by atoms with van der Waals surface area (Å²) in [7, 11) is 1.08. The second-order valence-electron chi connectivity index (χ2n) is 6.73. The van der Waals surface area contributed by atoms with Crippen molar-refractivity contribution < 1.29 is 83.4 Å². The van der Waals surface area contributed by atoms with Crippen LogP contribution in [0.3, 0.4) is 0 Å². The maximum atomic E-state index is 13.5. The van der Waals surface area contributed by atoms with Crippen molar-refractivity contribution in [3.8, 4) is 0 Å². The number of amides is 1. The molecule has 0 aliphatic rings. The van der Waals surface area contributed by atoms with Crippen LogP contribution < -0.4 is 62.2 Å². The van der Waals surface area contributed by atoms with Gasteiger partial charge < -0.3 is 22.4 Å². The van der Waals surface area contributed by atoms with Crippen molar-refractivity contribution in [1.29, 1.82) is 0 Å². The molecular formula is C16H22BF3KNO4. The predicted octanol–water partition coefficient (Wildman–Crippen LogP) is 0.804. The Morgan fingerprint density at radius 1 is 1.00 bits per heavy atom. The van der Waals surface area contributed by atoms with Gasteiger partial charge in [-0.25, -0.2) is 9.59 Å². The molecular weight excluding hydrogens is 377 g/mol. The first-order valence-corrected chi connectivity index (χ1v) is 7.62. The van der Waals surface area contributed by atoms with Crippen LogP contribution in [0.4, 0.5) is 23.4 Å². The minimum Gasteiger partial charge on any atom is -0.465 e. The standard InChI is InChI=1S/C16H22BF3NO4.K/c1-8-11(14(22)24-7)9(2)13(10(3)12(8)17(18,19)20)21-15(23)25-16(4,5)6;/h1-7H3,(H,21,23);/q-1;+1. The first-order chi connectivity index (χ1) is 11.2. The molecule has 0 aromatic heterocycles. The Bertz CT molecular complexity index is 715. The maximum absolute atomic E-state index is 13.5. The maximum Gasteiger partial charge on any atom is 1.00 e. The summed E-state index contributed by atoms with van der Waals surface area (Å²) in [6.07, 6.45) is -0.904. The number of anilines is 1. The van der Waals surface area contributed by atoms with E-state index >= 15 is 0 Å². The number of ether oxygens (including phenoxy) is 2. The van der Waals surface area contributed by atoms with Crippen LogP contribution in [-0.2, 0) is 9.47 Å². The van der Waals surface area contributed by atoms with E-state index in [1.54, 1.807) is 20.8 Å². The van der Waals surface area contributed by atoms with Crippen LogP contribution in [0.2, 0.25) is 0 Å². The third-order valence-electron chi connectivity index (χ3n) is 3.65. The molecule has 1 amide bonds. The van der Waals surface area contributed by atoms with Crippen LogP contribution in [0, 0.1) is 20.8 Å². The molecule has 0 bridgehead atoms. The molecule has 1 N–H and O–H groups in total. The second-order valence-corrected chi connectivity index (χ2v) is 6.73. The molecule has 0 radical (unpaired) electrons. The van der Waals surface area contributed by atoms with Crippen LogP contribution in [0.25, 0.3) is 0 Å². The molecule has 0 fully saturated rings. The summed E-state index contributed by atoms with van der Waals surface area (Å²) in [5.74, 6) is -0.900. The van der Waals surface area contributed by atoms with E-state index in [4.69, 9.17) is 4.74 Å². The Labute approximate surface area is 193 Å². The minimum atomic E-state index is -5.40. The largest absolute Gasteiger partial charge is 1.00 e. The molecule has 0 spiro atoms. The van der Waals surface area contributed by atoms with E-state index in [1.165, 1.54) is 20.8 Å². The Morgan fingerprint density at radius 3 is 1.88 bits per heavy atom. The molecule has 26 heavy (non-hydrogen) atoms. The van der Waals surface area contributed by atoms with Crippen molar-refractivity contribution in [3.05, 3.63) is 22.3 Å². The number of rotatable bonds is 3. The molecule has 140 valence electrons. The van der Waals surface area contributed by atoms with Gasteiger partial charge in [0, 0.05) is 5.69 Å². The molecule has 0 unspecified atom stereocenters. The summed E-state index contributed by atoms with van der Waals surface area (Å²) in [5, 5.41) is 2.34. The summed E-state index contributed by atoms with van der Waals surface area (Å²) >= 11 is 0. The van der Waals surface area contributed by atoms with Gasteiger partial charge in [-0.15, -0.1) is 0 Å². The number of hydrogen-bond donors (Lipinski definition) is 1. The fraction of sp³-hybridized carbons (Fsp3) is 0.500. The van der Waals surface area contributed by atoms with E-state index in [1.807, 2.05) is 0 Å². The number of hydrogen-bond acceptors (Lipinski definition) is 4. The Kier molecular flexibility index (Phi) is 8.90. The SMILES string of the molecule is COC(=O)c1c(C)c(NC(=O)OC(C)(C)C)c(C)c([B-](F)(F)F)c1C.[K+]. The van der Waals surface area contributed by atoms with Crippen LogP contribution in [0.15, 0.2) is 0 Å². The summed E-state index contributed by atoms with van der Waals surface area (Å²) in [6.45, 7) is 3.40.